The van der Waals surface area contributed by atoms with Crippen molar-refractivity contribution in [2.24, 2.45) is 5.73 Å². The molecule has 0 aliphatic heterocycles. The number of hydrogen-bond acceptors (Lipinski definition) is 4. The standard InChI is InChI=1S/C11H10N2O3/c12-9(14)5-7-6-3-1-2-4-8(6)16-11(15)10(7)13/h1-4H,5,13H2,(H2,12,14). The number of fused-ring (bicyclic) bond motifs is 1. The fraction of sp³-hybridized carbons (Fsp3) is 0.0909. The highest BCUT2D eigenvalue weighted by Gasteiger charge is 2.13. The molecule has 1 aromatic heterocycles. The molecule has 0 unspecified atom stereocenters. The average molecular weight is 218 g/mol. The minimum Gasteiger partial charge on any atom is -0.421 e. The minimum atomic E-state index is -0.644. The molecule has 5 heteroatoms. The van der Waals surface area contributed by atoms with Crippen molar-refractivity contribution in [3.8, 4) is 0 Å². The van der Waals surface area contributed by atoms with Crippen molar-refractivity contribution in [2.75, 3.05) is 5.73 Å². The molecule has 2 rings (SSSR count). The maximum absolute atomic E-state index is 11.4. The van der Waals surface area contributed by atoms with Crippen LogP contribution >= 0.6 is 0 Å². The van der Waals surface area contributed by atoms with Crippen LogP contribution in [0.3, 0.4) is 0 Å². The van der Waals surface area contributed by atoms with Gasteiger partial charge in [-0.1, -0.05) is 18.2 Å². The van der Waals surface area contributed by atoms with Crippen LogP contribution < -0.4 is 17.1 Å². The second kappa shape index (κ2) is 3.69. The lowest BCUT2D eigenvalue weighted by Gasteiger charge is -2.05. The van der Waals surface area contributed by atoms with E-state index in [0.29, 0.717) is 16.5 Å². The second-order valence-electron chi connectivity index (χ2n) is 3.42. The number of hydrogen-bond donors (Lipinski definition) is 2. The SMILES string of the molecule is NC(=O)Cc1c(N)c(=O)oc2ccccc12. The van der Waals surface area contributed by atoms with Crippen molar-refractivity contribution in [1.29, 1.82) is 0 Å². The van der Waals surface area contributed by atoms with E-state index in [1.165, 1.54) is 0 Å². The number of nitrogen functional groups attached to an aromatic ring is 1. The lowest BCUT2D eigenvalue weighted by Crippen LogP contribution is -2.18. The predicted molar refractivity (Wildman–Crippen MR) is 59.8 cm³/mol. The van der Waals surface area contributed by atoms with Crippen molar-refractivity contribution >= 4 is 22.6 Å². The van der Waals surface area contributed by atoms with Gasteiger partial charge < -0.3 is 15.9 Å². The summed E-state index contributed by atoms with van der Waals surface area (Å²) >= 11 is 0. The summed E-state index contributed by atoms with van der Waals surface area (Å²) in [5, 5.41) is 0.637. The van der Waals surface area contributed by atoms with Crippen molar-refractivity contribution in [1.82, 2.24) is 0 Å². The molecule has 2 aromatic rings. The largest absolute Gasteiger partial charge is 0.421 e. The highest BCUT2D eigenvalue weighted by Crippen LogP contribution is 2.21. The smallest absolute Gasteiger partial charge is 0.359 e. The van der Waals surface area contributed by atoms with Crippen molar-refractivity contribution in [3.63, 3.8) is 0 Å². The van der Waals surface area contributed by atoms with Crippen LogP contribution in [0.5, 0.6) is 0 Å². The number of nitrogens with two attached hydrogens (primary N) is 2. The summed E-state index contributed by atoms with van der Waals surface area (Å²) < 4.78 is 4.98. The maximum atomic E-state index is 11.4. The molecule has 16 heavy (non-hydrogen) atoms. The van der Waals surface area contributed by atoms with Gasteiger partial charge >= 0.3 is 5.63 Å². The third kappa shape index (κ3) is 1.63. The van der Waals surface area contributed by atoms with Gasteiger partial charge in [0.05, 0.1) is 6.42 Å². The summed E-state index contributed by atoms with van der Waals surface area (Å²) in [6, 6.07) is 6.87. The first-order chi connectivity index (χ1) is 7.59. The van der Waals surface area contributed by atoms with E-state index in [-0.39, 0.29) is 12.1 Å². The fourth-order valence-electron chi connectivity index (χ4n) is 1.59. The number of anilines is 1. The minimum absolute atomic E-state index is 0.0579. The first kappa shape index (κ1) is 10.2. The molecule has 0 aliphatic rings. The number of carbonyl (C=O) groups is 1. The average Bonchev–Trinajstić information content (AvgIpc) is 2.24. The summed E-state index contributed by atoms with van der Waals surface area (Å²) in [5.74, 6) is -0.539. The van der Waals surface area contributed by atoms with Gasteiger partial charge in [0.1, 0.15) is 11.3 Å². The van der Waals surface area contributed by atoms with Gasteiger partial charge in [-0.25, -0.2) is 4.79 Å². The topological polar surface area (TPSA) is 99.3 Å². The number of primary amides is 1. The molecule has 4 N–H and O–H groups in total. The number of carbonyl (C=O) groups excluding carboxylic acids is 1. The van der Waals surface area contributed by atoms with Crippen LogP contribution in [0.2, 0.25) is 0 Å². The predicted octanol–water partition coefficient (Wildman–Crippen LogP) is 0.403. The van der Waals surface area contributed by atoms with Crippen LogP contribution in [-0.2, 0) is 11.2 Å². The summed E-state index contributed by atoms with van der Waals surface area (Å²) in [6.45, 7) is 0. The molecule has 1 heterocycles. The van der Waals surface area contributed by atoms with Crippen LogP contribution in [0.4, 0.5) is 5.69 Å². The molecule has 0 saturated carbocycles. The Morgan fingerprint density at radius 2 is 2.00 bits per heavy atom. The van der Waals surface area contributed by atoms with E-state index in [2.05, 4.69) is 0 Å². The van der Waals surface area contributed by atoms with E-state index in [9.17, 15) is 9.59 Å². The molecular weight excluding hydrogens is 208 g/mol. The van der Waals surface area contributed by atoms with Gasteiger partial charge in [-0.2, -0.15) is 0 Å². The Bertz CT molecular complexity index is 616. The van der Waals surface area contributed by atoms with Gasteiger partial charge in [0.2, 0.25) is 5.91 Å². The van der Waals surface area contributed by atoms with Gasteiger partial charge in [-0.3, -0.25) is 4.79 Å². The van der Waals surface area contributed by atoms with Gasteiger partial charge in [0, 0.05) is 10.9 Å². The quantitative estimate of drug-likeness (QED) is 0.712. The lowest BCUT2D eigenvalue weighted by atomic mass is 10.1. The zero-order chi connectivity index (χ0) is 11.7. The molecule has 0 radical (unpaired) electrons. The Morgan fingerprint density at radius 3 is 2.69 bits per heavy atom. The molecule has 0 fully saturated rings. The van der Waals surface area contributed by atoms with Gasteiger partial charge in [-0.15, -0.1) is 0 Å². The fourth-order valence-corrected chi connectivity index (χ4v) is 1.59. The van der Waals surface area contributed by atoms with Crippen LogP contribution in [-0.4, -0.2) is 5.91 Å². The molecule has 82 valence electrons. The van der Waals surface area contributed by atoms with E-state index in [1.807, 2.05) is 0 Å². The van der Waals surface area contributed by atoms with Crippen molar-refractivity contribution < 1.29 is 9.21 Å². The van der Waals surface area contributed by atoms with Crippen LogP contribution in [0, 0.1) is 0 Å². The Labute approximate surface area is 90.7 Å². The molecule has 5 nitrogen and oxygen atoms in total. The first-order valence-corrected chi connectivity index (χ1v) is 4.68. The van der Waals surface area contributed by atoms with Crippen LogP contribution in [0.1, 0.15) is 5.56 Å². The first-order valence-electron chi connectivity index (χ1n) is 4.68. The molecule has 0 saturated heterocycles. The number of amides is 1. The Kier molecular flexibility index (Phi) is 2.36. The Hall–Kier alpha value is -2.30. The van der Waals surface area contributed by atoms with E-state index in [0.717, 1.165) is 0 Å². The summed E-state index contributed by atoms with van der Waals surface area (Å²) in [4.78, 5) is 22.3. The molecular formula is C11H10N2O3. The molecule has 0 spiro atoms. The zero-order valence-electron chi connectivity index (χ0n) is 8.40. The van der Waals surface area contributed by atoms with Gasteiger partial charge in [-0.05, 0) is 6.07 Å². The number of rotatable bonds is 2. The zero-order valence-corrected chi connectivity index (χ0v) is 8.40. The van der Waals surface area contributed by atoms with E-state index in [1.54, 1.807) is 24.3 Å². The molecule has 0 bridgehead atoms. The molecule has 0 atom stereocenters. The second-order valence-corrected chi connectivity index (χ2v) is 3.42. The summed E-state index contributed by atoms with van der Waals surface area (Å²) in [6.07, 6.45) is -0.0715. The van der Waals surface area contributed by atoms with E-state index < -0.39 is 11.5 Å². The molecule has 1 amide bonds. The Balaban J connectivity index is 2.81. The monoisotopic (exact) mass is 218 g/mol. The lowest BCUT2D eigenvalue weighted by molar-refractivity contribution is -0.117. The maximum Gasteiger partial charge on any atom is 0.359 e. The molecule has 1 aromatic carbocycles. The van der Waals surface area contributed by atoms with Crippen LogP contribution in [0.15, 0.2) is 33.5 Å². The van der Waals surface area contributed by atoms with Crippen molar-refractivity contribution in [3.05, 3.63) is 40.2 Å². The van der Waals surface area contributed by atoms with Gasteiger partial charge in [0.25, 0.3) is 0 Å². The van der Waals surface area contributed by atoms with E-state index in [4.69, 9.17) is 15.9 Å². The summed E-state index contributed by atoms with van der Waals surface area (Å²) in [7, 11) is 0. The van der Waals surface area contributed by atoms with E-state index >= 15 is 0 Å². The van der Waals surface area contributed by atoms with Gasteiger partial charge in [0.15, 0.2) is 0 Å². The normalized spacial score (nSPS) is 10.5. The number of para-hydroxylation sites is 1. The number of benzene rings is 1. The highest BCUT2D eigenvalue weighted by atomic mass is 16.4. The summed E-state index contributed by atoms with van der Waals surface area (Å²) in [5.41, 5.74) is 10.8. The highest BCUT2D eigenvalue weighted by molar-refractivity contribution is 5.89. The van der Waals surface area contributed by atoms with Crippen molar-refractivity contribution in [2.45, 2.75) is 6.42 Å². The molecule has 0 aliphatic carbocycles. The Morgan fingerprint density at radius 1 is 1.31 bits per heavy atom. The van der Waals surface area contributed by atoms with Crippen LogP contribution in [0.25, 0.3) is 11.0 Å². The third-order valence-corrected chi connectivity index (χ3v) is 2.31. The third-order valence-electron chi connectivity index (χ3n) is 2.31.